The summed E-state index contributed by atoms with van der Waals surface area (Å²) in [6.07, 6.45) is 0. The van der Waals surface area contributed by atoms with Crippen molar-refractivity contribution in [2.45, 2.75) is 20.8 Å². The summed E-state index contributed by atoms with van der Waals surface area (Å²) in [5.74, 6) is 0.876. The van der Waals surface area contributed by atoms with E-state index in [0.29, 0.717) is 5.92 Å². The maximum atomic E-state index is 12.4. The molecule has 3 nitrogen and oxygen atoms in total. The Hall–Kier alpha value is -0.390. The molecule has 1 amide bonds. The number of halogens is 1. The van der Waals surface area contributed by atoms with Gasteiger partial charge in [-0.3, -0.25) is 9.69 Å². The Kier molecular flexibility index (Phi) is 5.03. The molecular weight excluding hydrogens is 324 g/mol. The van der Waals surface area contributed by atoms with Crippen LogP contribution in [0.25, 0.3) is 0 Å². The van der Waals surface area contributed by atoms with E-state index in [1.165, 1.54) is 11.3 Å². The number of nitrogens with zero attached hydrogens (tertiary/aromatic N) is 2. The first-order chi connectivity index (χ1) is 8.97. The molecule has 0 N–H and O–H groups in total. The topological polar surface area (TPSA) is 23.6 Å². The summed E-state index contributed by atoms with van der Waals surface area (Å²) in [5, 5.41) is 0. The Labute approximate surface area is 127 Å². The van der Waals surface area contributed by atoms with Crippen molar-refractivity contribution >= 4 is 33.2 Å². The third-order valence-corrected chi connectivity index (χ3v) is 5.48. The zero-order valence-electron chi connectivity index (χ0n) is 11.8. The number of carbonyl (C=O) groups excluding carboxylic acids is 1. The van der Waals surface area contributed by atoms with Crippen LogP contribution in [0.3, 0.4) is 0 Å². The van der Waals surface area contributed by atoms with Crippen molar-refractivity contribution in [2.75, 3.05) is 32.7 Å². The van der Waals surface area contributed by atoms with Crippen LogP contribution >= 0.6 is 27.3 Å². The number of carbonyl (C=O) groups is 1. The molecule has 0 aromatic carbocycles. The minimum atomic E-state index is 0.183. The predicted molar refractivity (Wildman–Crippen MR) is 83.9 cm³/mol. The lowest BCUT2D eigenvalue weighted by Crippen LogP contribution is -2.49. The third kappa shape index (κ3) is 3.80. The van der Waals surface area contributed by atoms with Crippen LogP contribution in [0.1, 0.15) is 29.1 Å². The summed E-state index contributed by atoms with van der Waals surface area (Å²) in [6.45, 7) is 11.3. The molecule has 0 saturated carbocycles. The van der Waals surface area contributed by atoms with Gasteiger partial charge in [-0.1, -0.05) is 13.8 Å². The molecule has 2 rings (SSSR count). The van der Waals surface area contributed by atoms with Gasteiger partial charge in [0.15, 0.2) is 0 Å². The highest BCUT2D eigenvalue weighted by Gasteiger charge is 2.23. The summed E-state index contributed by atoms with van der Waals surface area (Å²) in [4.78, 5) is 17.7. The van der Waals surface area contributed by atoms with E-state index in [1.54, 1.807) is 0 Å². The molecule has 0 aliphatic carbocycles. The van der Waals surface area contributed by atoms with Crippen LogP contribution in [-0.2, 0) is 0 Å². The van der Waals surface area contributed by atoms with E-state index in [1.807, 2.05) is 17.9 Å². The average molecular weight is 345 g/mol. The van der Waals surface area contributed by atoms with Crippen LogP contribution < -0.4 is 0 Å². The van der Waals surface area contributed by atoms with E-state index >= 15 is 0 Å². The fourth-order valence-corrected chi connectivity index (χ4v) is 3.87. The lowest BCUT2D eigenvalue weighted by atomic mass is 10.2. The summed E-state index contributed by atoms with van der Waals surface area (Å²) >= 11 is 5.02. The van der Waals surface area contributed by atoms with Gasteiger partial charge in [0.1, 0.15) is 0 Å². The Morgan fingerprint density at radius 2 is 2.00 bits per heavy atom. The van der Waals surface area contributed by atoms with E-state index in [2.05, 4.69) is 34.7 Å². The fourth-order valence-electron chi connectivity index (χ4n) is 2.37. The number of hydrogen-bond acceptors (Lipinski definition) is 3. The second-order valence-corrected chi connectivity index (χ2v) is 7.92. The number of amides is 1. The normalized spacial score (nSPS) is 17.2. The number of piperazine rings is 1. The number of aryl methyl sites for hydroxylation is 1. The van der Waals surface area contributed by atoms with Crippen molar-refractivity contribution in [1.82, 2.24) is 9.80 Å². The van der Waals surface area contributed by atoms with Gasteiger partial charge in [-0.15, -0.1) is 11.3 Å². The SMILES string of the molecule is Cc1cc(C(=O)N2CCN(CC(C)C)CC2)sc1Br. The van der Waals surface area contributed by atoms with Gasteiger partial charge >= 0.3 is 0 Å². The van der Waals surface area contributed by atoms with Crippen LogP contribution in [0, 0.1) is 12.8 Å². The molecule has 19 heavy (non-hydrogen) atoms. The van der Waals surface area contributed by atoms with Crippen LogP contribution in [0.2, 0.25) is 0 Å². The lowest BCUT2D eigenvalue weighted by Gasteiger charge is -2.35. The van der Waals surface area contributed by atoms with Gasteiger partial charge in [0, 0.05) is 32.7 Å². The second kappa shape index (κ2) is 6.37. The van der Waals surface area contributed by atoms with E-state index < -0.39 is 0 Å². The standard InChI is InChI=1S/C14H21BrN2OS/c1-10(2)9-16-4-6-17(7-5-16)14(18)12-8-11(3)13(15)19-12/h8,10H,4-7,9H2,1-3H3. The van der Waals surface area contributed by atoms with Gasteiger partial charge in [0.2, 0.25) is 0 Å². The first kappa shape index (κ1) is 15.0. The molecule has 2 heterocycles. The monoisotopic (exact) mass is 344 g/mol. The maximum absolute atomic E-state index is 12.4. The maximum Gasteiger partial charge on any atom is 0.264 e. The average Bonchev–Trinajstić information content (AvgIpc) is 2.69. The first-order valence-electron chi connectivity index (χ1n) is 6.75. The quantitative estimate of drug-likeness (QED) is 0.840. The van der Waals surface area contributed by atoms with Gasteiger partial charge in [0.05, 0.1) is 8.66 Å². The summed E-state index contributed by atoms with van der Waals surface area (Å²) in [6, 6.07) is 1.98. The molecule has 1 aliphatic rings. The zero-order chi connectivity index (χ0) is 14.0. The first-order valence-corrected chi connectivity index (χ1v) is 8.36. The predicted octanol–water partition coefficient (Wildman–Crippen LogP) is 3.23. The van der Waals surface area contributed by atoms with Crippen molar-refractivity contribution in [1.29, 1.82) is 0 Å². The molecule has 0 atom stereocenters. The van der Waals surface area contributed by atoms with Crippen molar-refractivity contribution in [2.24, 2.45) is 5.92 Å². The summed E-state index contributed by atoms with van der Waals surface area (Å²) in [5.41, 5.74) is 1.15. The minimum absolute atomic E-state index is 0.183. The zero-order valence-corrected chi connectivity index (χ0v) is 14.2. The highest BCUT2D eigenvalue weighted by Crippen LogP contribution is 2.28. The van der Waals surface area contributed by atoms with Crippen molar-refractivity contribution in [3.05, 3.63) is 20.3 Å². The van der Waals surface area contributed by atoms with E-state index in [9.17, 15) is 4.79 Å². The molecule has 1 aromatic heterocycles. The molecule has 5 heteroatoms. The highest BCUT2D eigenvalue weighted by molar-refractivity contribution is 9.11. The number of hydrogen-bond donors (Lipinski definition) is 0. The molecular formula is C14H21BrN2OS. The Morgan fingerprint density at radius 1 is 1.37 bits per heavy atom. The molecule has 0 radical (unpaired) electrons. The minimum Gasteiger partial charge on any atom is -0.335 e. The van der Waals surface area contributed by atoms with Crippen LogP contribution in [0.4, 0.5) is 0 Å². The lowest BCUT2D eigenvalue weighted by molar-refractivity contribution is 0.0628. The van der Waals surface area contributed by atoms with Crippen LogP contribution in [0.15, 0.2) is 9.85 Å². The number of rotatable bonds is 3. The van der Waals surface area contributed by atoms with Crippen molar-refractivity contribution in [3.8, 4) is 0 Å². The van der Waals surface area contributed by atoms with Gasteiger partial charge in [-0.2, -0.15) is 0 Å². The molecule has 1 aromatic rings. The molecule has 1 aliphatic heterocycles. The Balaban J connectivity index is 1.92. The van der Waals surface area contributed by atoms with Crippen LogP contribution in [-0.4, -0.2) is 48.4 Å². The van der Waals surface area contributed by atoms with Gasteiger partial charge < -0.3 is 4.90 Å². The number of thiophene rings is 1. The van der Waals surface area contributed by atoms with Gasteiger partial charge in [0.25, 0.3) is 5.91 Å². The molecule has 0 spiro atoms. The van der Waals surface area contributed by atoms with Gasteiger partial charge in [-0.25, -0.2) is 0 Å². The second-order valence-electron chi connectivity index (χ2n) is 5.55. The van der Waals surface area contributed by atoms with Crippen LogP contribution in [0.5, 0.6) is 0 Å². The highest BCUT2D eigenvalue weighted by atomic mass is 79.9. The van der Waals surface area contributed by atoms with Crippen molar-refractivity contribution < 1.29 is 4.79 Å². The summed E-state index contributed by atoms with van der Waals surface area (Å²) < 4.78 is 1.06. The molecule has 1 fully saturated rings. The third-order valence-electron chi connectivity index (χ3n) is 3.35. The largest absolute Gasteiger partial charge is 0.335 e. The van der Waals surface area contributed by atoms with E-state index in [0.717, 1.165) is 47.0 Å². The Morgan fingerprint density at radius 3 is 2.47 bits per heavy atom. The smallest absolute Gasteiger partial charge is 0.264 e. The molecule has 0 bridgehead atoms. The van der Waals surface area contributed by atoms with Gasteiger partial charge in [-0.05, 0) is 40.4 Å². The van der Waals surface area contributed by atoms with Crippen molar-refractivity contribution in [3.63, 3.8) is 0 Å². The summed E-state index contributed by atoms with van der Waals surface area (Å²) in [7, 11) is 0. The molecule has 106 valence electrons. The van der Waals surface area contributed by atoms with E-state index in [-0.39, 0.29) is 5.91 Å². The Bertz CT molecular complexity index is 431. The molecule has 0 unspecified atom stereocenters. The molecule has 1 saturated heterocycles. The fraction of sp³-hybridized carbons (Fsp3) is 0.643. The van der Waals surface area contributed by atoms with E-state index in [4.69, 9.17) is 0 Å².